The number of anilines is 1. The Morgan fingerprint density at radius 2 is 1.39 bits per heavy atom. The highest BCUT2D eigenvalue weighted by atomic mass is 32.2. The summed E-state index contributed by atoms with van der Waals surface area (Å²) in [5.41, 5.74) is 8.47. The summed E-state index contributed by atoms with van der Waals surface area (Å²) in [4.78, 5) is 2.26. The standard InChI is InChI=1S/C50H65N3O9S2/c1-48(2,3)47(37-25-29-51(8)30-26-37)62-46-35(17-23-44-49(4,5)40-33-38(60-9)19-21-42(40)52(44)27-11-13-31-63(54,55)56)15-16-36(46)18-24-45-50(6,7)41-34-39(61-10)20-22-43(41)53(45)28-12-14-32-64(57,58)59/h17-26,29-30,33-34,47H,11-16,27-28,31-32H2,1-10H3/p+2. The number of hydrogen-bond acceptors (Lipinski definition) is 8. The molecule has 1 aromatic heterocycles. The van der Waals surface area contributed by atoms with Crippen LogP contribution in [0.4, 0.5) is 11.4 Å². The van der Waals surface area contributed by atoms with E-state index in [1.807, 2.05) is 36.1 Å². The van der Waals surface area contributed by atoms with Gasteiger partial charge in [-0.25, -0.2) is 4.57 Å². The van der Waals surface area contributed by atoms with Crippen LogP contribution >= 0.6 is 0 Å². The Morgan fingerprint density at radius 1 is 0.781 bits per heavy atom. The monoisotopic (exact) mass is 917 g/mol. The minimum atomic E-state index is -4.07. The van der Waals surface area contributed by atoms with E-state index in [4.69, 9.17) is 14.2 Å². The van der Waals surface area contributed by atoms with E-state index in [0.29, 0.717) is 38.8 Å². The third kappa shape index (κ3) is 11.0. The molecule has 0 fully saturated rings. The lowest BCUT2D eigenvalue weighted by atomic mass is 9.81. The number of allylic oxidation sites excluding steroid dienone is 7. The summed E-state index contributed by atoms with van der Waals surface area (Å²) in [6.45, 7) is 16.5. The number of aromatic nitrogens is 1. The van der Waals surface area contributed by atoms with Crippen molar-refractivity contribution < 1.29 is 49.3 Å². The van der Waals surface area contributed by atoms with E-state index in [1.165, 1.54) is 0 Å². The summed E-state index contributed by atoms with van der Waals surface area (Å²) < 4.78 is 88.1. The zero-order valence-electron chi connectivity index (χ0n) is 39.1. The highest BCUT2D eigenvalue weighted by molar-refractivity contribution is 7.86. The minimum Gasteiger partial charge on any atom is -0.497 e. The average Bonchev–Trinajstić information content (AvgIpc) is 3.77. The van der Waals surface area contributed by atoms with Crippen molar-refractivity contribution in [2.24, 2.45) is 12.5 Å². The first-order chi connectivity index (χ1) is 29.9. The van der Waals surface area contributed by atoms with Crippen molar-refractivity contribution in [1.29, 1.82) is 0 Å². The van der Waals surface area contributed by atoms with Crippen LogP contribution in [0.1, 0.15) is 110 Å². The number of pyridine rings is 1. The summed E-state index contributed by atoms with van der Waals surface area (Å²) in [5, 5.41) is 0. The van der Waals surface area contributed by atoms with Gasteiger partial charge in [0.1, 0.15) is 37.0 Å². The van der Waals surface area contributed by atoms with Gasteiger partial charge in [-0.2, -0.15) is 21.4 Å². The molecule has 0 saturated carbocycles. The largest absolute Gasteiger partial charge is 0.497 e. The molecule has 12 nitrogen and oxygen atoms in total. The molecule has 0 radical (unpaired) electrons. The second kappa shape index (κ2) is 19.0. The third-order valence-corrected chi connectivity index (χ3v) is 14.3. The first-order valence-corrected chi connectivity index (χ1v) is 25.3. The van der Waals surface area contributed by atoms with Crippen molar-refractivity contribution >= 4 is 37.3 Å². The van der Waals surface area contributed by atoms with Crippen molar-refractivity contribution in [2.45, 2.75) is 104 Å². The van der Waals surface area contributed by atoms with Gasteiger partial charge in [0.2, 0.25) is 5.69 Å². The molecule has 64 heavy (non-hydrogen) atoms. The van der Waals surface area contributed by atoms with Gasteiger partial charge in [0.15, 0.2) is 18.1 Å². The summed E-state index contributed by atoms with van der Waals surface area (Å²) in [7, 11) is -2.83. The summed E-state index contributed by atoms with van der Waals surface area (Å²) in [6.07, 6.45) is 15.8. The van der Waals surface area contributed by atoms with Crippen LogP contribution in [0.25, 0.3) is 0 Å². The molecular weight excluding hydrogens is 851 g/mol. The van der Waals surface area contributed by atoms with E-state index < -0.39 is 31.1 Å². The number of nitrogens with zero attached hydrogens (tertiary/aromatic N) is 3. The topological polar surface area (TPSA) is 147 Å². The Balaban J connectivity index is 1.47. The molecule has 0 spiro atoms. The van der Waals surface area contributed by atoms with Crippen molar-refractivity contribution in [3.05, 3.63) is 125 Å². The van der Waals surface area contributed by atoms with E-state index in [-0.39, 0.29) is 23.0 Å². The second-order valence-corrected chi connectivity index (χ2v) is 22.4. The Bertz CT molecular complexity index is 2620. The quantitative estimate of drug-likeness (QED) is 0.0720. The van der Waals surface area contributed by atoms with Gasteiger partial charge in [0.05, 0.1) is 31.1 Å². The van der Waals surface area contributed by atoms with Gasteiger partial charge in [0, 0.05) is 70.6 Å². The lowest BCUT2D eigenvalue weighted by Gasteiger charge is -2.32. The zero-order valence-corrected chi connectivity index (χ0v) is 40.8. The van der Waals surface area contributed by atoms with Crippen LogP contribution in [-0.4, -0.2) is 75.0 Å². The molecule has 1 aliphatic carbocycles. The molecule has 0 amide bonds. The number of ether oxygens (including phenoxy) is 3. The highest BCUT2D eigenvalue weighted by Crippen LogP contribution is 2.50. The predicted molar refractivity (Wildman–Crippen MR) is 253 cm³/mol. The second-order valence-electron chi connectivity index (χ2n) is 19.3. The number of benzene rings is 2. The van der Waals surface area contributed by atoms with Gasteiger partial charge in [-0.05, 0) is 105 Å². The summed E-state index contributed by atoms with van der Waals surface area (Å²) >= 11 is 0. The van der Waals surface area contributed by atoms with E-state index in [1.54, 1.807) is 14.2 Å². The normalized spacial score (nSPS) is 19.0. The van der Waals surface area contributed by atoms with Crippen LogP contribution in [0.2, 0.25) is 0 Å². The maximum Gasteiger partial charge on any atom is 0.264 e. The predicted octanol–water partition coefficient (Wildman–Crippen LogP) is 9.26. The van der Waals surface area contributed by atoms with Gasteiger partial charge in [-0.1, -0.05) is 40.7 Å². The van der Waals surface area contributed by atoms with Crippen molar-refractivity contribution in [1.82, 2.24) is 0 Å². The Kier molecular flexibility index (Phi) is 14.4. The molecule has 3 heterocycles. The SMILES string of the molecule is COc1ccc2c(c1)C(C)(C)C(/C=C/C1=C(OC(c3cc[n+](C)cc3)C(C)(C)C)C(=C/C=C3/N(CCCCS(=O)(=O)O)c4ccc(OC)cc4C3(C)C)/CC1)=[N+]2CCCCS(=O)(=O)O. The van der Waals surface area contributed by atoms with Crippen molar-refractivity contribution in [3.8, 4) is 11.5 Å². The molecule has 14 heteroatoms. The number of unbranched alkanes of at least 4 members (excludes halogenated alkanes) is 2. The van der Waals surface area contributed by atoms with Gasteiger partial charge < -0.3 is 19.1 Å². The molecule has 2 aromatic carbocycles. The lowest BCUT2D eigenvalue weighted by Crippen LogP contribution is -2.28. The fourth-order valence-corrected chi connectivity index (χ4v) is 10.4. The van der Waals surface area contributed by atoms with Gasteiger partial charge in [0.25, 0.3) is 20.2 Å². The van der Waals surface area contributed by atoms with Crippen LogP contribution in [0.5, 0.6) is 11.5 Å². The fourth-order valence-electron chi connectivity index (χ4n) is 9.23. The van der Waals surface area contributed by atoms with E-state index in [0.717, 1.165) is 80.7 Å². The Hall–Kier alpha value is -4.76. The molecule has 3 aliphatic rings. The average molecular weight is 918 g/mol. The molecule has 0 bridgehead atoms. The van der Waals surface area contributed by atoms with Crippen LogP contribution in [0.15, 0.2) is 108 Å². The molecule has 2 aliphatic heterocycles. The summed E-state index contributed by atoms with van der Waals surface area (Å²) in [6, 6.07) is 16.4. The maximum absolute atomic E-state index is 11.6. The number of fused-ring (bicyclic) bond motifs is 2. The minimum absolute atomic E-state index is 0.275. The van der Waals surface area contributed by atoms with Gasteiger partial charge in [-0.3, -0.25) is 9.11 Å². The third-order valence-electron chi connectivity index (χ3n) is 12.7. The first kappa shape index (κ1) is 48.7. The van der Waals surface area contributed by atoms with Gasteiger partial charge in [-0.15, -0.1) is 0 Å². The van der Waals surface area contributed by atoms with Crippen molar-refractivity contribution in [2.75, 3.05) is 43.7 Å². The van der Waals surface area contributed by atoms with Crippen LogP contribution in [0.3, 0.4) is 0 Å². The number of hydrogen-bond donors (Lipinski definition) is 2. The molecular formula is C50H67N3O9S2+2. The summed E-state index contributed by atoms with van der Waals surface area (Å²) in [5.74, 6) is 1.76. The van der Waals surface area contributed by atoms with Crippen LogP contribution in [-0.2, 0) is 42.9 Å². The van der Waals surface area contributed by atoms with Gasteiger partial charge >= 0.3 is 0 Å². The molecule has 0 saturated heterocycles. The van der Waals surface area contributed by atoms with E-state index in [2.05, 4.69) is 119 Å². The van der Waals surface area contributed by atoms with E-state index in [9.17, 15) is 25.9 Å². The molecule has 346 valence electrons. The lowest BCUT2D eigenvalue weighted by molar-refractivity contribution is -0.671. The molecule has 1 unspecified atom stereocenters. The van der Waals surface area contributed by atoms with E-state index >= 15 is 0 Å². The van der Waals surface area contributed by atoms with Crippen LogP contribution in [0, 0.1) is 5.41 Å². The zero-order chi connectivity index (χ0) is 46.8. The molecule has 6 rings (SSSR count). The number of methoxy groups -OCH3 is 2. The molecule has 3 aromatic rings. The van der Waals surface area contributed by atoms with Crippen LogP contribution < -0.4 is 18.9 Å². The maximum atomic E-state index is 11.6. The fraction of sp³-hybridized carbons (Fsp3) is 0.480. The molecule has 2 N–H and O–H groups in total. The number of rotatable bonds is 18. The van der Waals surface area contributed by atoms with Crippen molar-refractivity contribution in [3.63, 3.8) is 0 Å². The molecule has 1 atom stereocenters. The Labute approximate surface area is 381 Å². The Morgan fingerprint density at radius 3 is 2.00 bits per heavy atom. The number of aryl methyl sites for hydroxylation is 1. The smallest absolute Gasteiger partial charge is 0.264 e. The highest BCUT2D eigenvalue weighted by Gasteiger charge is 2.45. The first-order valence-electron chi connectivity index (χ1n) is 22.1.